The molecule has 3 rings (SSSR count). The smallest absolute Gasteiger partial charge is 0.193 e. The van der Waals surface area contributed by atoms with Gasteiger partial charge in [0.25, 0.3) is 0 Å². The Hall–Kier alpha value is -2.49. The summed E-state index contributed by atoms with van der Waals surface area (Å²) in [4.78, 5) is 22.9. The van der Waals surface area contributed by atoms with Gasteiger partial charge < -0.3 is 4.98 Å². The van der Waals surface area contributed by atoms with Crippen LogP contribution in [0.25, 0.3) is 22.3 Å². The number of hydrogen-bond acceptors (Lipinski definition) is 3. The van der Waals surface area contributed by atoms with Crippen LogP contribution in [0.1, 0.15) is 0 Å². The molecule has 4 nitrogen and oxygen atoms in total. The summed E-state index contributed by atoms with van der Waals surface area (Å²) in [6.07, 6.45) is 2.95. The first-order valence-corrected chi connectivity index (χ1v) is 5.23. The lowest BCUT2D eigenvalue weighted by Gasteiger charge is -2.02. The Bertz CT molecular complexity index is 719. The normalized spacial score (nSPS) is 10.6. The summed E-state index contributed by atoms with van der Waals surface area (Å²) >= 11 is 0. The van der Waals surface area contributed by atoms with Gasteiger partial charge in [0, 0.05) is 12.3 Å². The number of rotatable bonds is 1. The minimum atomic E-state index is -0.0711. The van der Waals surface area contributed by atoms with Gasteiger partial charge in [-0.25, -0.2) is 9.97 Å². The van der Waals surface area contributed by atoms with E-state index in [1.165, 1.54) is 12.5 Å². The summed E-state index contributed by atoms with van der Waals surface area (Å²) < 4.78 is 0. The van der Waals surface area contributed by atoms with E-state index < -0.39 is 0 Å². The number of pyridine rings is 1. The maximum absolute atomic E-state index is 11.9. The average Bonchev–Trinajstić information content (AvgIpc) is 2.40. The number of H-pyrrole nitrogens is 1. The molecule has 0 radical (unpaired) electrons. The fourth-order valence-electron chi connectivity index (χ4n) is 1.76. The third kappa shape index (κ3) is 1.69. The molecular formula is C13H9N3O. The Morgan fingerprint density at radius 3 is 2.76 bits per heavy atom. The number of aromatic amines is 1. The standard InChI is InChI=1S/C13H9N3O/c17-12-6-11(9-4-2-1-3-5-9)16-13-10(12)7-14-8-15-13/h1-8H,(H,14,15,16,17). The number of nitrogens with one attached hydrogen (secondary N) is 1. The lowest BCUT2D eigenvalue weighted by Crippen LogP contribution is -2.04. The van der Waals surface area contributed by atoms with E-state index in [9.17, 15) is 4.79 Å². The van der Waals surface area contributed by atoms with E-state index >= 15 is 0 Å². The minimum absolute atomic E-state index is 0.0711. The molecule has 0 atom stereocenters. The predicted molar refractivity (Wildman–Crippen MR) is 65.6 cm³/mol. The molecule has 0 unspecified atom stereocenters. The highest BCUT2D eigenvalue weighted by atomic mass is 16.1. The quantitative estimate of drug-likeness (QED) is 0.686. The molecular weight excluding hydrogens is 214 g/mol. The molecule has 0 amide bonds. The van der Waals surface area contributed by atoms with Crippen LogP contribution in [-0.2, 0) is 0 Å². The van der Waals surface area contributed by atoms with E-state index in [2.05, 4.69) is 15.0 Å². The van der Waals surface area contributed by atoms with Crippen LogP contribution in [0.3, 0.4) is 0 Å². The Kier molecular flexibility index (Phi) is 2.19. The van der Waals surface area contributed by atoms with Crippen molar-refractivity contribution in [2.75, 3.05) is 0 Å². The first-order chi connectivity index (χ1) is 8.34. The number of aromatic nitrogens is 3. The maximum Gasteiger partial charge on any atom is 0.193 e. The van der Waals surface area contributed by atoms with Crippen molar-refractivity contribution in [3.05, 3.63) is 59.1 Å². The first-order valence-electron chi connectivity index (χ1n) is 5.23. The first kappa shape index (κ1) is 9.72. The lowest BCUT2D eigenvalue weighted by atomic mass is 10.1. The molecule has 1 aromatic carbocycles. The number of benzene rings is 1. The predicted octanol–water partition coefficient (Wildman–Crippen LogP) is 1.99. The van der Waals surface area contributed by atoms with E-state index in [-0.39, 0.29) is 5.43 Å². The summed E-state index contributed by atoms with van der Waals surface area (Å²) in [6, 6.07) is 11.2. The average molecular weight is 223 g/mol. The molecule has 2 heterocycles. The van der Waals surface area contributed by atoms with Crippen molar-refractivity contribution >= 4 is 11.0 Å². The van der Waals surface area contributed by atoms with Crippen molar-refractivity contribution in [2.24, 2.45) is 0 Å². The van der Waals surface area contributed by atoms with Crippen molar-refractivity contribution in [1.82, 2.24) is 15.0 Å². The molecule has 82 valence electrons. The van der Waals surface area contributed by atoms with Crippen LogP contribution in [-0.4, -0.2) is 15.0 Å². The molecule has 3 aromatic rings. The SMILES string of the molecule is O=c1cc(-c2ccccc2)[nH]c2ncncc12. The molecule has 0 aliphatic heterocycles. The summed E-state index contributed by atoms with van der Waals surface area (Å²) in [5.74, 6) is 0. The number of nitrogens with zero attached hydrogens (tertiary/aromatic N) is 2. The highest BCUT2D eigenvalue weighted by Crippen LogP contribution is 2.16. The second-order valence-electron chi connectivity index (χ2n) is 3.70. The molecule has 0 bridgehead atoms. The highest BCUT2D eigenvalue weighted by molar-refractivity contribution is 5.76. The molecule has 1 N–H and O–H groups in total. The minimum Gasteiger partial charge on any atom is -0.339 e. The fraction of sp³-hybridized carbons (Fsp3) is 0. The molecule has 0 aliphatic rings. The Labute approximate surface area is 97.0 Å². The summed E-state index contributed by atoms with van der Waals surface area (Å²) in [5.41, 5.74) is 2.22. The topological polar surface area (TPSA) is 58.6 Å². The van der Waals surface area contributed by atoms with Gasteiger partial charge >= 0.3 is 0 Å². The summed E-state index contributed by atoms with van der Waals surface area (Å²) in [6.45, 7) is 0. The van der Waals surface area contributed by atoms with Gasteiger partial charge in [0.05, 0.1) is 11.1 Å². The zero-order valence-electron chi connectivity index (χ0n) is 8.92. The molecule has 0 saturated carbocycles. The Morgan fingerprint density at radius 1 is 1.12 bits per heavy atom. The van der Waals surface area contributed by atoms with Crippen LogP contribution in [0.4, 0.5) is 0 Å². The molecule has 0 aliphatic carbocycles. The molecule has 17 heavy (non-hydrogen) atoms. The van der Waals surface area contributed by atoms with Crippen molar-refractivity contribution < 1.29 is 0 Å². The van der Waals surface area contributed by atoms with E-state index in [0.717, 1.165) is 11.3 Å². The van der Waals surface area contributed by atoms with Gasteiger partial charge in [-0.2, -0.15) is 0 Å². The van der Waals surface area contributed by atoms with Crippen LogP contribution in [0.2, 0.25) is 0 Å². The maximum atomic E-state index is 11.9. The zero-order valence-corrected chi connectivity index (χ0v) is 8.92. The van der Waals surface area contributed by atoms with Crippen molar-refractivity contribution in [1.29, 1.82) is 0 Å². The molecule has 2 aromatic heterocycles. The highest BCUT2D eigenvalue weighted by Gasteiger charge is 2.04. The lowest BCUT2D eigenvalue weighted by molar-refractivity contribution is 1.18. The van der Waals surface area contributed by atoms with Gasteiger partial charge in [0.1, 0.15) is 12.0 Å². The molecule has 4 heteroatoms. The number of hydrogen-bond donors (Lipinski definition) is 1. The van der Waals surface area contributed by atoms with Gasteiger partial charge in [-0.3, -0.25) is 4.79 Å². The van der Waals surface area contributed by atoms with Crippen molar-refractivity contribution in [3.63, 3.8) is 0 Å². The van der Waals surface area contributed by atoms with Crippen LogP contribution in [0.5, 0.6) is 0 Å². The second kappa shape index (κ2) is 3.83. The van der Waals surface area contributed by atoms with E-state index in [1.807, 2.05) is 30.3 Å². The van der Waals surface area contributed by atoms with Crippen LogP contribution < -0.4 is 5.43 Å². The van der Waals surface area contributed by atoms with Crippen LogP contribution in [0.15, 0.2) is 53.7 Å². The Morgan fingerprint density at radius 2 is 1.94 bits per heavy atom. The van der Waals surface area contributed by atoms with E-state index in [4.69, 9.17) is 0 Å². The van der Waals surface area contributed by atoms with Crippen LogP contribution in [0, 0.1) is 0 Å². The zero-order chi connectivity index (χ0) is 11.7. The molecule has 0 spiro atoms. The van der Waals surface area contributed by atoms with Gasteiger partial charge in [0.2, 0.25) is 0 Å². The van der Waals surface area contributed by atoms with Crippen molar-refractivity contribution in [3.8, 4) is 11.3 Å². The third-order valence-corrected chi connectivity index (χ3v) is 2.59. The summed E-state index contributed by atoms with van der Waals surface area (Å²) in [5, 5.41) is 0.507. The second-order valence-corrected chi connectivity index (χ2v) is 3.70. The molecule has 0 fully saturated rings. The van der Waals surface area contributed by atoms with E-state index in [0.29, 0.717) is 11.0 Å². The monoisotopic (exact) mass is 223 g/mol. The largest absolute Gasteiger partial charge is 0.339 e. The van der Waals surface area contributed by atoms with Gasteiger partial charge in [-0.1, -0.05) is 30.3 Å². The van der Waals surface area contributed by atoms with Gasteiger partial charge in [-0.15, -0.1) is 0 Å². The van der Waals surface area contributed by atoms with Crippen LogP contribution >= 0.6 is 0 Å². The van der Waals surface area contributed by atoms with E-state index in [1.54, 1.807) is 6.07 Å². The van der Waals surface area contributed by atoms with Gasteiger partial charge in [0.15, 0.2) is 5.43 Å². The third-order valence-electron chi connectivity index (χ3n) is 2.59. The fourth-order valence-corrected chi connectivity index (χ4v) is 1.76. The van der Waals surface area contributed by atoms with Crippen molar-refractivity contribution in [2.45, 2.75) is 0 Å². The van der Waals surface area contributed by atoms with Gasteiger partial charge in [-0.05, 0) is 5.56 Å². The molecule has 0 saturated heterocycles. The Balaban J connectivity index is 2.30. The summed E-state index contributed by atoms with van der Waals surface area (Å²) in [7, 11) is 0. The number of fused-ring (bicyclic) bond motifs is 1.